The number of benzene rings is 8. The summed E-state index contributed by atoms with van der Waals surface area (Å²) < 4.78 is 27.3. The van der Waals surface area contributed by atoms with Gasteiger partial charge in [0.2, 0.25) is 5.91 Å². The van der Waals surface area contributed by atoms with E-state index in [4.69, 9.17) is 19.2 Å². The Morgan fingerprint density at radius 2 is 1.31 bits per heavy atom. The van der Waals surface area contributed by atoms with Crippen molar-refractivity contribution in [3.63, 3.8) is 0 Å². The zero-order valence-electron chi connectivity index (χ0n) is 45.2. The number of ether oxygens (including phenoxy) is 3. The van der Waals surface area contributed by atoms with Crippen molar-refractivity contribution in [2.24, 2.45) is 5.92 Å². The molecule has 1 saturated heterocycles. The van der Waals surface area contributed by atoms with Crippen molar-refractivity contribution >= 4 is 61.4 Å². The molecule has 2 bridgehead atoms. The predicted molar refractivity (Wildman–Crippen MR) is 313 cm³/mol. The van der Waals surface area contributed by atoms with Crippen LogP contribution in [0.25, 0.3) is 54.7 Å². The SMILES string of the molecule is COC1C(N(C)C(=O)C(CC(=O)OCC2c3ccccc3-c3ccccc32)Cc2cn(C(c3ccccc3)(c3ccccc3)c3ccccc3)cn2)CC2OC1(C)n1c3ccccc3c3c4c(c5c6ccccc6n2c5c31)C(=O)NC4. The number of fused-ring (bicyclic) bond motifs is 16. The maximum Gasteiger partial charge on any atom is 0.306 e. The van der Waals surface area contributed by atoms with Crippen LogP contribution < -0.4 is 5.32 Å². The van der Waals surface area contributed by atoms with Crippen molar-refractivity contribution in [3.8, 4) is 11.1 Å². The summed E-state index contributed by atoms with van der Waals surface area (Å²) in [6, 6.07) is 63.8. The van der Waals surface area contributed by atoms with Crippen LogP contribution in [0.4, 0.5) is 0 Å². The molecule has 3 aliphatic heterocycles. The fourth-order valence-corrected chi connectivity index (χ4v) is 14.9. The van der Waals surface area contributed by atoms with Gasteiger partial charge in [0.1, 0.15) is 24.5 Å². The largest absolute Gasteiger partial charge is 0.465 e. The lowest BCUT2D eigenvalue weighted by Crippen LogP contribution is -2.62. The molecule has 11 aromatic rings. The van der Waals surface area contributed by atoms with Crippen molar-refractivity contribution in [1.82, 2.24) is 28.9 Å². The topological polar surface area (TPSA) is 122 Å². The van der Waals surface area contributed by atoms with Crippen molar-refractivity contribution in [1.29, 1.82) is 0 Å². The second kappa shape index (κ2) is 18.8. The van der Waals surface area contributed by atoms with E-state index in [1.807, 2.05) is 86.3 Å². The summed E-state index contributed by atoms with van der Waals surface area (Å²) in [6.45, 7) is 2.60. The summed E-state index contributed by atoms with van der Waals surface area (Å²) in [4.78, 5) is 51.9. The molecule has 81 heavy (non-hydrogen) atoms. The van der Waals surface area contributed by atoms with E-state index in [1.54, 1.807) is 12.0 Å². The molecule has 5 atom stereocenters. The number of imidazole rings is 1. The van der Waals surface area contributed by atoms with Gasteiger partial charge in [0.15, 0.2) is 5.72 Å². The summed E-state index contributed by atoms with van der Waals surface area (Å²) in [5.41, 5.74) is 11.6. The minimum Gasteiger partial charge on any atom is -0.465 e. The summed E-state index contributed by atoms with van der Waals surface area (Å²) in [6.07, 6.45) is 2.86. The third-order valence-electron chi connectivity index (χ3n) is 18.2. The number of aromatic nitrogens is 4. The summed E-state index contributed by atoms with van der Waals surface area (Å²) >= 11 is 0. The van der Waals surface area contributed by atoms with Crippen LogP contribution in [0.2, 0.25) is 0 Å². The van der Waals surface area contributed by atoms with Gasteiger partial charge in [0.25, 0.3) is 5.91 Å². The van der Waals surface area contributed by atoms with Crippen LogP contribution >= 0.6 is 0 Å². The van der Waals surface area contributed by atoms with E-state index >= 15 is 4.79 Å². The molecule has 15 rings (SSSR count). The third-order valence-corrected chi connectivity index (χ3v) is 18.2. The van der Waals surface area contributed by atoms with Crippen molar-refractivity contribution in [2.75, 3.05) is 20.8 Å². The minimum atomic E-state index is -1.19. The lowest BCUT2D eigenvalue weighted by molar-refractivity contribution is -0.266. The van der Waals surface area contributed by atoms with Crippen LogP contribution in [0.1, 0.15) is 81.3 Å². The van der Waals surface area contributed by atoms with E-state index in [1.165, 1.54) is 0 Å². The first-order chi connectivity index (χ1) is 39.7. The van der Waals surface area contributed by atoms with E-state index in [2.05, 4.69) is 147 Å². The van der Waals surface area contributed by atoms with Gasteiger partial charge in [-0.05, 0) is 63.6 Å². The zero-order valence-corrected chi connectivity index (χ0v) is 45.2. The first-order valence-electron chi connectivity index (χ1n) is 28.0. The number of para-hydroxylation sites is 2. The lowest BCUT2D eigenvalue weighted by Gasteiger charge is -2.51. The highest BCUT2D eigenvalue weighted by atomic mass is 16.6. The van der Waals surface area contributed by atoms with Gasteiger partial charge in [0, 0.05) is 67.2 Å². The van der Waals surface area contributed by atoms with Gasteiger partial charge in [-0.2, -0.15) is 0 Å². The minimum absolute atomic E-state index is 0.0953. The first-order valence-corrected chi connectivity index (χ1v) is 28.0. The van der Waals surface area contributed by atoms with Crippen LogP contribution in [-0.2, 0) is 48.0 Å². The molecular formula is C69H58N6O6. The molecule has 8 aromatic carbocycles. The quantitative estimate of drug-likeness (QED) is 0.0901. The molecule has 0 radical (unpaired) electrons. The Balaban J connectivity index is 0.840. The molecule has 4 aliphatic rings. The monoisotopic (exact) mass is 1070 g/mol. The van der Waals surface area contributed by atoms with Crippen molar-refractivity contribution < 1.29 is 28.6 Å². The molecule has 1 fully saturated rings. The number of rotatable bonds is 13. The van der Waals surface area contributed by atoms with Crippen molar-refractivity contribution in [2.45, 2.75) is 68.3 Å². The number of carbonyl (C=O) groups is 3. The lowest BCUT2D eigenvalue weighted by atomic mass is 9.77. The van der Waals surface area contributed by atoms with Gasteiger partial charge in [-0.15, -0.1) is 0 Å². The Hall–Kier alpha value is -9.10. The highest BCUT2D eigenvalue weighted by Crippen LogP contribution is 2.55. The second-order valence-electron chi connectivity index (χ2n) is 22.4. The van der Waals surface area contributed by atoms with Gasteiger partial charge in [-0.3, -0.25) is 14.4 Å². The van der Waals surface area contributed by atoms with Crippen LogP contribution in [-0.4, -0.2) is 74.3 Å². The number of carbonyl (C=O) groups excluding carboxylic acids is 3. The van der Waals surface area contributed by atoms with Crippen molar-refractivity contribution in [3.05, 3.63) is 245 Å². The van der Waals surface area contributed by atoms with Crippen LogP contribution in [0.15, 0.2) is 201 Å². The van der Waals surface area contributed by atoms with Crippen LogP contribution in [0, 0.1) is 5.92 Å². The predicted octanol–water partition coefficient (Wildman–Crippen LogP) is 12.2. The number of methoxy groups -OCH3 is 1. The smallest absolute Gasteiger partial charge is 0.306 e. The van der Waals surface area contributed by atoms with Crippen LogP contribution in [0.5, 0.6) is 0 Å². The highest BCUT2D eigenvalue weighted by Gasteiger charge is 2.55. The number of amides is 2. The van der Waals surface area contributed by atoms with Gasteiger partial charge in [-0.1, -0.05) is 176 Å². The molecule has 1 aliphatic carbocycles. The Bertz CT molecular complexity index is 4200. The number of nitrogens with one attached hydrogen (secondary N) is 1. The molecule has 0 saturated carbocycles. The Kier molecular flexibility index (Phi) is 11.3. The van der Waals surface area contributed by atoms with E-state index in [0.29, 0.717) is 24.2 Å². The molecule has 3 aromatic heterocycles. The highest BCUT2D eigenvalue weighted by molar-refractivity contribution is 6.31. The van der Waals surface area contributed by atoms with E-state index in [0.717, 1.165) is 88.1 Å². The fraction of sp³-hybridized carbons (Fsp3) is 0.217. The molecule has 2 amide bonds. The summed E-state index contributed by atoms with van der Waals surface area (Å²) in [7, 11) is 3.53. The number of esters is 1. The number of hydrogen-bond acceptors (Lipinski definition) is 7. The molecule has 1 N–H and O–H groups in total. The molecule has 0 spiro atoms. The standard InChI is InChI=1S/C69H58N6O6/c1-68-65(79-3)57(37-58(81-68)74-55-33-19-17-31-51(55)61-62-53(38-70-66(62)77)60-52-32-18-20-34-56(52)75(68)64(60)63(61)74)72(2)67(78)42(36-59(76)80-40-54-49-29-15-13-27-47(49)48-28-14-16-30-50(48)54)35-46-39-73(41-71-46)69(43-21-7-4-8-22-43,44-23-9-5-10-24-44)45-25-11-6-12-26-45/h4-34,39,41-42,54,57-58,65H,35-38,40H2,1-3H3,(H,70,77). The molecule has 6 heterocycles. The van der Waals surface area contributed by atoms with E-state index < -0.39 is 41.5 Å². The summed E-state index contributed by atoms with van der Waals surface area (Å²) in [5, 5.41) is 7.02. The maximum atomic E-state index is 16.1. The van der Waals surface area contributed by atoms with E-state index in [9.17, 15) is 9.59 Å². The molecule has 400 valence electrons. The molecular weight excluding hydrogens is 1010 g/mol. The molecule has 12 nitrogen and oxygen atoms in total. The normalized spacial score (nSPS) is 19.4. The number of likely N-dealkylation sites (N-methyl/N-ethyl adjacent to an activating group) is 1. The summed E-state index contributed by atoms with van der Waals surface area (Å²) in [5.74, 6) is -1.87. The fourth-order valence-electron chi connectivity index (χ4n) is 14.9. The first kappa shape index (κ1) is 49.0. The Morgan fingerprint density at radius 1 is 0.741 bits per heavy atom. The van der Waals surface area contributed by atoms with Crippen LogP contribution in [0.3, 0.4) is 0 Å². The molecule has 5 unspecified atom stereocenters. The third kappa shape index (κ3) is 7.15. The second-order valence-corrected chi connectivity index (χ2v) is 22.4. The van der Waals surface area contributed by atoms with Gasteiger partial charge >= 0.3 is 5.97 Å². The number of nitrogens with zero attached hydrogens (tertiary/aromatic N) is 5. The number of hydrogen-bond donors (Lipinski definition) is 1. The van der Waals surface area contributed by atoms with Gasteiger partial charge in [0.05, 0.1) is 58.0 Å². The average Bonchev–Trinajstić information content (AvgIpc) is 1.75. The molecule has 12 heteroatoms. The van der Waals surface area contributed by atoms with E-state index in [-0.39, 0.29) is 37.2 Å². The Morgan fingerprint density at radius 3 is 1.94 bits per heavy atom. The average molecular weight is 1070 g/mol. The van der Waals surface area contributed by atoms with Gasteiger partial charge in [-0.25, -0.2) is 4.98 Å². The van der Waals surface area contributed by atoms with Gasteiger partial charge < -0.3 is 38.1 Å². The Labute approximate surface area is 468 Å². The maximum absolute atomic E-state index is 16.1. The zero-order chi connectivity index (χ0) is 54.7.